The summed E-state index contributed by atoms with van der Waals surface area (Å²) in [6.45, 7) is 1.94. The summed E-state index contributed by atoms with van der Waals surface area (Å²) >= 11 is 0. The predicted molar refractivity (Wildman–Crippen MR) is 110 cm³/mol. The van der Waals surface area contributed by atoms with E-state index in [9.17, 15) is 8.42 Å². The van der Waals surface area contributed by atoms with Crippen molar-refractivity contribution in [3.8, 4) is 0 Å². The molecule has 3 rings (SSSR count). The molecular formula is C20H28N4O2S. The number of aromatic nitrogens is 1. The first-order valence-corrected chi connectivity index (χ1v) is 10.8. The zero-order valence-electron chi connectivity index (χ0n) is 16.1. The van der Waals surface area contributed by atoms with Gasteiger partial charge in [-0.1, -0.05) is 30.5 Å². The minimum Gasteiger partial charge on any atom is -0.378 e. The molecule has 1 saturated carbocycles. The van der Waals surface area contributed by atoms with E-state index in [1.807, 2.05) is 50.2 Å². The Kier molecular flexibility index (Phi) is 6.01. The quantitative estimate of drug-likeness (QED) is 0.795. The first kappa shape index (κ1) is 19.6. The Morgan fingerprint density at radius 2 is 1.70 bits per heavy atom. The van der Waals surface area contributed by atoms with E-state index in [1.165, 1.54) is 0 Å². The molecule has 6 nitrogen and oxygen atoms in total. The van der Waals surface area contributed by atoms with Gasteiger partial charge in [-0.3, -0.25) is 0 Å². The molecule has 1 aliphatic carbocycles. The van der Waals surface area contributed by atoms with Gasteiger partial charge in [-0.2, -0.15) is 0 Å². The summed E-state index contributed by atoms with van der Waals surface area (Å²) in [5.74, 6) is 0.771. The van der Waals surface area contributed by atoms with Gasteiger partial charge in [0.2, 0.25) is 10.0 Å². The summed E-state index contributed by atoms with van der Waals surface area (Å²) in [5.41, 5.74) is 2.10. The second kappa shape index (κ2) is 8.27. The molecule has 2 atom stereocenters. The molecule has 7 heteroatoms. The van der Waals surface area contributed by atoms with E-state index in [2.05, 4.69) is 15.0 Å². The molecule has 146 valence electrons. The number of nitrogens with zero attached hydrogens (tertiary/aromatic N) is 2. The average Bonchev–Trinajstić information content (AvgIpc) is 2.64. The fourth-order valence-electron chi connectivity index (χ4n) is 3.40. The van der Waals surface area contributed by atoms with Crippen LogP contribution in [0.3, 0.4) is 0 Å². The lowest BCUT2D eigenvalue weighted by atomic mass is 9.91. The maximum absolute atomic E-state index is 12.8. The van der Waals surface area contributed by atoms with E-state index in [4.69, 9.17) is 0 Å². The van der Waals surface area contributed by atoms with Crippen molar-refractivity contribution in [1.82, 2.24) is 9.71 Å². The summed E-state index contributed by atoms with van der Waals surface area (Å²) in [4.78, 5) is 6.73. The molecule has 1 aromatic heterocycles. The van der Waals surface area contributed by atoms with Crippen LogP contribution in [0.1, 0.15) is 31.2 Å². The molecule has 0 amide bonds. The molecule has 0 bridgehead atoms. The van der Waals surface area contributed by atoms with E-state index < -0.39 is 10.0 Å². The van der Waals surface area contributed by atoms with Gasteiger partial charge < -0.3 is 10.2 Å². The van der Waals surface area contributed by atoms with Crippen LogP contribution >= 0.6 is 0 Å². The van der Waals surface area contributed by atoms with Gasteiger partial charge in [0.1, 0.15) is 5.82 Å². The summed E-state index contributed by atoms with van der Waals surface area (Å²) < 4.78 is 28.5. The lowest BCUT2D eigenvalue weighted by Crippen LogP contribution is -2.48. The Labute approximate surface area is 162 Å². The Morgan fingerprint density at radius 1 is 1.04 bits per heavy atom. The van der Waals surface area contributed by atoms with Crippen molar-refractivity contribution in [2.75, 3.05) is 24.3 Å². The first-order valence-electron chi connectivity index (χ1n) is 9.34. The van der Waals surface area contributed by atoms with Crippen molar-refractivity contribution in [3.63, 3.8) is 0 Å². The van der Waals surface area contributed by atoms with Gasteiger partial charge in [0.05, 0.1) is 4.90 Å². The van der Waals surface area contributed by atoms with Crippen LogP contribution in [0.25, 0.3) is 0 Å². The lowest BCUT2D eigenvalue weighted by Gasteiger charge is -2.33. The Bertz CT molecular complexity index is 866. The number of rotatable bonds is 6. The normalized spacial score (nSPS) is 20.3. The van der Waals surface area contributed by atoms with Gasteiger partial charge in [-0.25, -0.2) is 18.1 Å². The van der Waals surface area contributed by atoms with Crippen molar-refractivity contribution < 1.29 is 8.42 Å². The van der Waals surface area contributed by atoms with Gasteiger partial charge >= 0.3 is 0 Å². The number of hydrogen-bond acceptors (Lipinski definition) is 5. The van der Waals surface area contributed by atoms with E-state index in [1.54, 1.807) is 18.3 Å². The number of aryl methyl sites for hydroxylation is 1. The lowest BCUT2D eigenvalue weighted by molar-refractivity contribution is 0.378. The zero-order valence-corrected chi connectivity index (χ0v) is 17.0. The van der Waals surface area contributed by atoms with E-state index >= 15 is 0 Å². The Morgan fingerprint density at radius 3 is 2.37 bits per heavy atom. The van der Waals surface area contributed by atoms with Crippen molar-refractivity contribution in [2.24, 2.45) is 0 Å². The first-order chi connectivity index (χ1) is 12.8. The van der Waals surface area contributed by atoms with Gasteiger partial charge in [-0.05, 0) is 38.0 Å². The molecule has 0 radical (unpaired) electrons. The highest BCUT2D eigenvalue weighted by molar-refractivity contribution is 7.89. The maximum Gasteiger partial charge on any atom is 0.240 e. The van der Waals surface area contributed by atoms with E-state index in [-0.39, 0.29) is 12.1 Å². The van der Waals surface area contributed by atoms with Gasteiger partial charge in [0, 0.05) is 44.1 Å². The molecule has 0 aliphatic heterocycles. The molecule has 2 N–H and O–H groups in total. The van der Waals surface area contributed by atoms with Crippen molar-refractivity contribution in [3.05, 3.63) is 48.2 Å². The number of pyridine rings is 1. The monoisotopic (exact) mass is 388 g/mol. The van der Waals surface area contributed by atoms with Gasteiger partial charge in [-0.15, -0.1) is 0 Å². The fourth-order valence-corrected chi connectivity index (χ4v) is 4.71. The number of nitrogens with one attached hydrogen (secondary N) is 2. The molecular weight excluding hydrogens is 360 g/mol. The predicted octanol–water partition coefficient (Wildman–Crippen LogP) is 3.16. The van der Waals surface area contributed by atoms with Crippen LogP contribution in [0.2, 0.25) is 0 Å². The molecule has 1 heterocycles. The summed E-state index contributed by atoms with van der Waals surface area (Å²) in [6.07, 6.45) is 5.59. The third-order valence-electron chi connectivity index (χ3n) is 5.00. The summed E-state index contributed by atoms with van der Waals surface area (Å²) in [7, 11) is 0.427. The van der Waals surface area contributed by atoms with E-state index in [0.717, 1.165) is 42.8 Å². The largest absolute Gasteiger partial charge is 0.378 e. The van der Waals surface area contributed by atoms with Crippen molar-refractivity contribution in [2.45, 2.75) is 49.6 Å². The molecule has 1 aromatic carbocycles. The smallest absolute Gasteiger partial charge is 0.240 e. The summed E-state index contributed by atoms with van der Waals surface area (Å²) in [5, 5.41) is 3.44. The van der Waals surface area contributed by atoms with Crippen LogP contribution in [0.15, 0.2) is 47.5 Å². The van der Waals surface area contributed by atoms with Gasteiger partial charge in [0.15, 0.2) is 0 Å². The van der Waals surface area contributed by atoms with Gasteiger partial charge in [0.25, 0.3) is 0 Å². The molecule has 2 unspecified atom stereocenters. The maximum atomic E-state index is 12.8. The van der Waals surface area contributed by atoms with Crippen LogP contribution in [0.5, 0.6) is 0 Å². The highest BCUT2D eigenvalue weighted by atomic mass is 32.2. The number of hydrogen-bond donors (Lipinski definition) is 2. The molecule has 1 fully saturated rings. The van der Waals surface area contributed by atoms with E-state index in [0.29, 0.717) is 4.90 Å². The minimum atomic E-state index is -3.54. The number of anilines is 2. The highest BCUT2D eigenvalue weighted by Gasteiger charge is 2.29. The average molecular weight is 389 g/mol. The van der Waals surface area contributed by atoms with Crippen molar-refractivity contribution >= 4 is 21.5 Å². The van der Waals surface area contributed by atoms with Crippen LogP contribution in [-0.2, 0) is 10.0 Å². The molecule has 1 aliphatic rings. The molecule has 2 aromatic rings. The fraction of sp³-hybridized carbons (Fsp3) is 0.450. The third-order valence-corrected chi connectivity index (χ3v) is 6.50. The second-order valence-corrected chi connectivity index (χ2v) is 9.08. The highest BCUT2D eigenvalue weighted by Crippen LogP contribution is 2.25. The number of benzene rings is 1. The Balaban J connectivity index is 1.75. The zero-order chi connectivity index (χ0) is 19.4. The molecule has 0 saturated heterocycles. The van der Waals surface area contributed by atoms with Crippen LogP contribution < -0.4 is 14.9 Å². The molecule has 27 heavy (non-hydrogen) atoms. The van der Waals surface area contributed by atoms with Crippen LogP contribution in [-0.4, -0.2) is 39.6 Å². The molecule has 0 spiro atoms. The summed E-state index contributed by atoms with van der Waals surface area (Å²) in [6, 6.07) is 10.8. The second-order valence-electron chi connectivity index (χ2n) is 7.37. The standard InChI is InChI=1S/C20H28N4O2S/c1-15-8-10-17(11-9-15)27(25,26)23-19-7-5-4-6-18(19)22-20-14-16(24(2)3)12-13-21-20/h8-14,18-19,23H,4-7H2,1-3H3,(H,21,22). The van der Waals surface area contributed by atoms with Crippen molar-refractivity contribution in [1.29, 1.82) is 0 Å². The van der Waals surface area contributed by atoms with Crippen LogP contribution in [0, 0.1) is 6.92 Å². The SMILES string of the molecule is Cc1ccc(S(=O)(=O)NC2CCCCC2Nc2cc(N(C)C)ccn2)cc1. The Hall–Kier alpha value is -2.12. The topological polar surface area (TPSA) is 74.3 Å². The number of sulfonamides is 1. The van der Waals surface area contributed by atoms with Crippen LogP contribution in [0.4, 0.5) is 11.5 Å². The third kappa shape index (κ3) is 4.99. The minimum absolute atomic E-state index is 0.0175.